The average molecular weight is 327 g/mol. The molecule has 0 saturated heterocycles. The number of fused-ring (bicyclic) bond motifs is 1. The van der Waals surface area contributed by atoms with E-state index in [0.717, 1.165) is 16.7 Å². The molecular formula is C10H14BrCl2N3. The molecule has 16 heavy (non-hydrogen) atoms. The molecule has 2 aromatic heterocycles. The molecule has 0 aliphatic heterocycles. The van der Waals surface area contributed by atoms with E-state index < -0.39 is 0 Å². The van der Waals surface area contributed by atoms with E-state index in [9.17, 15) is 0 Å². The fraction of sp³-hybridized carbons (Fsp3) is 0.300. The average Bonchev–Trinajstić information content (AvgIpc) is 2.44. The first-order valence-corrected chi connectivity index (χ1v) is 5.26. The Bertz CT molecular complexity index is 470. The Morgan fingerprint density at radius 2 is 2.06 bits per heavy atom. The SMILES string of the molecule is CNCc1cc2cc(Br)cnc2n1C.Cl.Cl. The van der Waals surface area contributed by atoms with Gasteiger partial charge in [-0.3, -0.25) is 0 Å². The van der Waals surface area contributed by atoms with Gasteiger partial charge < -0.3 is 9.88 Å². The van der Waals surface area contributed by atoms with Crippen molar-refractivity contribution in [2.45, 2.75) is 6.54 Å². The molecule has 0 bridgehead atoms. The van der Waals surface area contributed by atoms with Gasteiger partial charge in [-0.2, -0.15) is 0 Å². The Hall–Kier alpha value is -0.290. The number of nitrogens with one attached hydrogen (secondary N) is 1. The first kappa shape index (κ1) is 15.7. The number of rotatable bonds is 2. The monoisotopic (exact) mass is 325 g/mol. The number of pyridine rings is 1. The molecule has 0 fully saturated rings. The second-order valence-corrected chi connectivity index (χ2v) is 4.21. The molecule has 0 aliphatic carbocycles. The van der Waals surface area contributed by atoms with Crippen LogP contribution in [0.3, 0.4) is 0 Å². The zero-order valence-electron chi connectivity index (χ0n) is 9.03. The highest BCUT2D eigenvalue weighted by atomic mass is 79.9. The van der Waals surface area contributed by atoms with Gasteiger partial charge in [0, 0.05) is 35.3 Å². The van der Waals surface area contributed by atoms with Crippen LogP contribution in [0.1, 0.15) is 5.69 Å². The summed E-state index contributed by atoms with van der Waals surface area (Å²) < 4.78 is 3.13. The van der Waals surface area contributed by atoms with E-state index >= 15 is 0 Å². The lowest BCUT2D eigenvalue weighted by Gasteiger charge is -2.01. The molecule has 0 spiro atoms. The van der Waals surface area contributed by atoms with Crippen LogP contribution in [0, 0.1) is 0 Å². The van der Waals surface area contributed by atoms with Crippen LogP contribution in [0.5, 0.6) is 0 Å². The van der Waals surface area contributed by atoms with Gasteiger partial charge in [-0.1, -0.05) is 0 Å². The van der Waals surface area contributed by atoms with Crippen LogP contribution in [-0.2, 0) is 13.6 Å². The maximum Gasteiger partial charge on any atom is 0.139 e. The molecule has 2 heterocycles. The van der Waals surface area contributed by atoms with Crippen LogP contribution in [0.2, 0.25) is 0 Å². The first-order valence-electron chi connectivity index (χ1n) is 4.47. The highest BCUT2D eigenvalue weighted by molar-refractivity contribution is 9.10. The summed E-state index contributed by atoms with van der Waals surface area (Å²) in [7, 11) is 3.98. The summed E-state index contributed by atoms with van der Waals surface area (Å²) in [5, 5.41) is 4.31. The van der Waals surface area contributed by atoms with Gasteiger partial charge in [0.25, 0.3) is 0 Å². The maximum atomic E-state index is 4.37. The van der Waals surface area contributed by atoms with Gasteiger partial charge in [-0.25, -0.2) is 4.98 Å². The fourth-order valence-electron chi connectivity index (χ4n) is 1.60. The smallest absolute Gasteiger partial charge is 0.139 e. The highest BCUT2D eigenvalue weighted by Gasteiger charge is 2.05. The number of halogens is 3. The molecule has 1 N–H and O–H groups in total. The van der Waals surface area contributed by atoms with Crippen molar-refractivity contribution in [1.29, 1.82) is 0 Å². The second-order valence-electron chi connectivity index (χ2n) is 3.29. The van der Waals surface area contributed by atoms with Crippen LogP contribution in [-0.4, -0.2) is 16.6 Å². The lowest BCUT2D eigenvalue weighted by atomic mass is 10.3. The molecule has 0 unspecified atom stereocenters. The number of hydrogen-bond acceptors (Lipinski definition) is 2. The van der Waals surface area contributed by atoms with E-state index in [2.05, 4.69) is 42.9 Å². The van der Waals surface area contributed by atoms with Crippen molar-refractivity contribution in [2.24, 2.45) is 7.05 Å². The predicted molar refractivity (Wildman–Crippen MR) is 75.7 cm³/mol. The standard InChI is InChI=1S/C10H12BrN3.2ClH/c1-12-6-9-4-7-3-8(11)5-13-10(7)14(9)2;;/h3-5,12H,6H2,1-2H3;2*1H. The topological polar surface area (TPSA) is 29.9 Å². The molecule has 90 valence electrons. The van der Waals surface area contributed by atoms with Crippen molar-refractivity contribution >= 4 is 51.8 Å². The molecule has 2 aromatic rings. The van der Waals surface area contributed by atoms with E-state index in [1.165, 1.54) is 11.1 Å². The molecule has 2 rings (SSSR count). The lowest BCUT2D eigenvalue weighted by Crippen LogP contribution is -2.08. The zero-order chi connectivity index (χ0) is 10.1. The highest BCUT2D eigenvalue weighted by Crippen LogP contribution is 2.20. The van der Waals surface area contributed by atoms with Crippen molar-refractivity contribution in [3.05, 3.63) is 28.5 Å². The Morgan fingerprint density at radius 1 is 1.38 bits per heavy atom. The summed E-state index contributed by atoms with van der Waals surface area (Å²) >= 11 is 3.42. The Labute approximate surface area is 116 Å². The van der Waals surface area contributed by atoms with E-state index in [4.69, 9.17) is 0 Å². The third-order valence-corrected chi connectivity index (χ3v) is 2.72. The largest absolute Gasteiger partial charge is 0.331 e. The number of aromatic nitrogens is 2. The summed E-state index contributed by atoms with van der Waals surface area (Å²) in [6.07, 6.45) is 1.82. The summed E-state index contributed by atoms with van der Waals surface area (Å²) in [5.74, 6) is 0. The molecule has 3 nitrogen and oxygen atoms in total. The minimum absolute atomic E-state index is 0. The summed E-state index contributed by atoms with van der Waals surface area (Å²) in [6, 6.07) is 4.24. The van der Waals surface area contributed by atoms with Crippen LogP contribution in [0.4, 0.5) is 0 Å². The third kappa shape index (κ3) is 2.88. The molecule has 0 saturated carbocycles. The number of nitrogens with zero attached hydrogens (tertiary/aromatic N) is 2. The van der Waals surface area contributed by atoms with Crippen molar-refractivity contribution in [3.63, 3.8) is 0 Å². The van der Waals surface area contributed by atoms with Crippen LogP contribution < -0.4 is 5.32 Å². The van der Waals surface area contributed by atoms with Gasteiger partial charge in [0.15, 0.2) is 0 Å². The Balaban J connectivity index is 0.00000112. The van der Waals surface area contributed by atoms with E-state index in [1.807, 2.05) is 20.3 Å². The van der Waals surface area contributed by atoms with Gasteiger partial charge in [0.1, 0.15) is 5.65 Å². The van der Waals surface area contributed by atoms with E-state index in [0.29, 0.717) is 0 Å². The van der Waals surface area contributed by atoms with Crippen LogP contribution in [0.15, 0.2) is 22.8 Å². The van der Waals surface area contributed by atoms with Gasteiger partial charge in [0.05, 0.1) is 0 Å². The zero-order valence-corrected chi connectivity index (χ0v) is 12.2. The van der Waals surface area contributed by atoms with Crippen molar-refractivity contribution in [1.82, 2.24) is 14.9 Å². The number of hydrogen-bond donors (Lipinski definition) is 1. The molecule has 0 amide bonds. The first-order chi connectivity index (χ1) is 6.72. The van der Waals surface area contributed by atoms with Crippen LogP contribution >= 0.6 is 40.7 Å². The third-order valence-electron chi connectivity index (χ3n) is 2.29. The second kappa shape index (κ2) is 6.45. The van der Waals surface area contributed by atoms with Crippen molar-refractivity contribution in [2.75, 3.05) is 7.05 Å². The maximum absolute atomic E-state index is 4.37. The summed E-state index contributed by atoms with van der Waals surface area (Å²) in [6.45, 7) is 0.866. The van der Waals surface area contributed by atoms with Crippen molar-refractivity contribution < 1.29 is 0 Å². The van der Waals surface area contributed by atoms with Gasteiger partial charge in [-0.15, -0.1) is 24.8 Å². The minimum Gasteiger partial charge on any atom is -0.331 e. The Morgan fingerprint density at radius 3 is 2.69 bits per heavy atom. The molecular weight excluding hydrogens is 313 g/mol. The van der Waals surface area contributed by atoms with Crippen LogP contribution in [0.25, 0.3) is 11.0 Å². The van der Waals surface area contributed by atoms with Crippen molar-refractivity contribution in [3.8, 4) is 0 Å². The molecule has 0 radical (unpaired) electrons. The van der Waals surface area contributed by atoms with Gasteiger partial charge >= 0.3 is 0 Å². The summed E-state index contributed by atoms with van der Waals surface area (Å²) in [4.78, 5) is 4.37. The molecule has 0 aromatic carbocycles. The molecule has 0 aliphatic rings. The minimum atomic E-state index is 0. The Kier molecular flexibility index (Phi) is 6.33. The van der Waals surface area contributed by atoms with E-state index in [-0.39, 0.29) is 24.8 Å². The number of aryl methyl sites for hydroxylation is 1. The molecule has 6 heteroatoms. The van der Waals surface area contributed by atoms with Gasteiger partial charge in [-0.05, 0) is 35.1 Å². The van der Waals surface area contributed by atoms with E-state index in [1.54, 1.807) is 0 Å². The fourth-order valence-corrected chi connectivity index (χ4v) is 1.95. The van der Waals surface area contributed by atoms with Gasteiger partial charge in [0.2, 0.25) is 0 Å². The molecule has 0 atom stereocenters. The predicted octanol–water partition coefficient (Wildman–Crippen LogP) is 2.90. The summed E-state index contributed by atoms with van der Waals surface area (Å²) in [5.41, 5.74) is 2.27. The normalized spacial score (nSPS) is 9.69. The quantitative estimate of drug-likeness (QED) is 0.919. The lowest BCUT2D eigenvalue weighted by molar-refractivity contribution is 0.742.